The zero-order valence-corrected chi connectivity index (χ0v) is 16.9. The first-order valence-corrected chi connectivity index (χ1v) is 7.76. The zero-order chi connectivity index (χ0) is 16.6. The number of quaternary nitrogens is 1. The van der Waals surface area contributed by atoms with Crippen molar-refractivity contribution in [1.82, 2.24) is 0 Å². The van der Waals surface area contributed by atoms with Crippen molar-refractivity contribution < 1.29 is 42.7 Å². The van der Waals surface area contributed by atoms with E-state index in [2.05, 4.69) is 21.1 Å². The topological polar surface area (TPSA) is 35.5 Å². The van der Waals surface area contributed by atoms with Gasteiger partial charge >= 0.3 is 0 Å². The van der Waals surface area contributed by atoms with Gasteiger partial charge in [-0.3, -0.25) is 4.79 Å². The number of hydrogen-bond acceptors (Lipinski definition) is 3. The molecule has 4 nitrogen and oxygen atoms in total. The molecule has 0 amide bonds. The van der Waals surface area contributed by atoms with Crippen LogP contribution in [0.25, 0.3) is 6.08 Å². The Morgan fingerprint density at radius 2 is 1.70 bits per heavy atom. The summed E-state index contributed by atoms with van der Waals surface area (Å²) in [4.78, 5) is 11.9. The monoisotopic (exact) mass is 433 g/mol. The van der Waals surface area contributed by atoms with Gasteiger partial charge in [0, 0.05) is 0 Å². The summed E-state index contributed by atoms with van der Waals surface area (Å²) < 4.78 is 11.9. The van der Waals surface area contributed by atoms with Crippen LogP contribution in [-0.4, -0.2) is 51.2 Å². The number of carbonyl (C=O) groups is 1. The Hall–Kier alpha value is -1.08. The lowest BCUT2D eigenvalue weighted by Crippen LogP contribution is -3.00. The van der Waals surface area contributed by atoms with E-state index in [1.165, 1.54) is 0 Å². The predicted octanol–water partition coefficient (Wildman–Crippen LogP) is 0.167. The molecule has 0 aliphatic rings. The lowest BCUT2D eigenvalue weighted by molar-refractivity contribution is -0.869. The number of benzene rings is 1. The average Bonchev–Trinajstić information content (AvgIpc) is 2.45. The molecule has 130 valence electrons. The molecule has 1 aromatic carbocycles. The van der Waals surface area contributed by atoms with E-state index < -0.39 is 0 Å². The minimum atomic E-state index is 0. The molecule has 0 radical (unpaired) electrons. The Morgan fingerprint density at radius 3 is 2.26 bits per heavy atom. The van der Waals surface area contributed by atoms with Crippen LogP contribution < -0.4 is 33.5 Å². The molecule has 0 N–H and O–H groups in total. The molecule has 23 heavy (non-hydrogen) atoms. The second-order valence-corrected chi connectivity index (χ2v) is 6.14. The van der Waals surface area contributed by atoms with Crippen LogP contribution in [0.5, 0.6) is 11.5 Å². The molecule has 1 aromatic rings. The normalized spacial score (nSPS) is 11.2. The summed E-state index contributed by atoms with van der Waals surface area (Å²) >= 11 is 0. The second kappa shape index (κ2) is 10.6. The zero-order valence-electron chi connectivity index (χ0n) is 14.8. The van der Waals surface area contributed by atoms with Gasteiger partial charge < -0.3 is 37.9 Å². The van der Waals surface area contributed by atoms with Crippen molar-refractivity contribution in [2.75, 3.05) is 40.9 Å². The van der Waals surface area contributed by atoms with Crippen molar-refractivity contribution in [1.29, 1.82) is 0 Å². The minimum Gasteiger partial charge on any atom is -1.00 e. The maximum Gasteiger partial charge on any atom is 0.161 e. The number of carbonyl (C=O) groups excluding carboxylic acids is 1. The van der Waals surface area contributed by atoms with Gasteiger partial charge in [-0.1, -0.05) is 12.1 Å². The lowest BCUT2D eigenvalue weighted by atomic mass is 10.1. The molecule has 0 aliphatic carbocycles. The molecule has 0 aliphatic heterocycles. The fourth-order valence-electron chi connectivity index (χ4n) is 1.89. The van der Waals surface area contributed by atoms with E-state index in [4.69, 9.17) is 9.47 Å². The highest BCUT2D eigenvalue weighted by Gasteiger charge is 2.09. The van der Waals surface area contributed by atoms with Gasteiger partial charge in [0.1, 0.15) is 0 Å². The Bertz CT molecular complexity index is 521. The standard InChI is InChI=1S/C18H28NO3.HI/c1-6-21-17-11-9-15(14-18(17)22-7-2)8-10-16(20)12-13-19(3,4)5;/h8-11,14H,6-7,12-13H2,1-5H3;1H/q+1;/p-1/b10-8+;. The van der Waals surface area contributed by atoms with Crippen molar-refractivity contribution >= 4 is 11.9 Å². The van der Waals surface area contributed by atoms with Crippen LogP contribution in [0.15, 0.2) is 24.3 Å². The van der Waals surface area contributed by atoms with Gasteiger partial charge in [0.25, 0.3) is 0 Å². The average molecular weight is 433 g/mol. The van der Waals surface area contributed by atoms with Gasteiger partial charge in [-0.15, -0.1) is 0 Å². The number of allylic oxidation sites excluding steroid dienone is 1. The van der Waals surface area contributed by atoms with E-state index in [-0.39, 0.29) is 29.8 Å². The highest BCUT2D eigenvalue weighted by atomic mass is 127. The molecule has 0 saturated carbocycles. The fourth-order valence-corrected chi connectivity index (χ4v) is 1.89. The van der Waals surface area contributed by atoms with Crippen LogP contribution in [0.3, 0.4) is 0 Å². The molecule has 0 atom stereocenters. The highest BCUT2D eigenvalue weighted by Crippen LogP contribution is 2.29. The van der Waals surface area contributed by atoms with Gasteiger partial charge in [0.05, 0.1) is 47.3 Å². The lowest BCUT2D eigenvalue weighted by Gasteiger charge is -2.22. The van der Waals surface area contributed by atoms with Crippen LogP contribution in [0.4, 0.5) is 0 Å². The number of hydrogen-bond donors (Lipinski definition) is 0. The fraction of sp³-hybridized carbons (Fsp3) is 0.500. The molecular weight excluding hydrogens is 405 g/mol. The summed E-state index contributed by atoms with van der Waals surface area (Å²) in [6, 6.07) is 5.71. The summed E-state index contributed by atoms with van der Waals surface area (Å²) in [5.41, 5.74) is 0.936. The van der Waals surface area contributed by atoms with Gasteiger partial charge in [0.15, 0.2) is 17.3 Å². The van der Waals surface area contributed by atoms with Crippen LogP contribution >= 0.6 is 0 Å². The van der Waals surface area contributed by atoms with Gasteiger partial charge in [-0.2, -0.15) is 0 Å². The molecule has 0 bridgehead atoms. The molecule has 1 rings (SSSR count). The number of halogens is 1. The van der Waals surface area contributed by atoms with E-state index in [0.29, 0.717) is 25.4 Å². The molecule has 0 heterocycles. The third-order valence-corrected chi connectivity index (χ3v) is 3.06. The SMILES string of the molecule is CCOc1ccc(/C=C/C(=O)CC[N+](C)(C)C)cc1OCC.[I-]. The molecule has 5 heteroatoms. The van der Waals surface area contributed by atoms with E-state index in [1.807, 2.05) is 38.1 Å². The van der Waals surface area contributed by atoms with Gasteiger partial charge in [0.2, 0.25) is 0 Å². The molecule has 0 fully saturated rings. The van der Waals surface area contributed by atoms with Crippen molar-refractivity contribution in [3.8, 4) is 11.5 Å². The maximum atomic E-state index is 11.9. The first kappa shape index (κ1) is 21.9. The van der Waals surface area contributed by atoms with Crippen molar-refractivity contribution in [3.05, 3.63) is 29.8 Å². The number of ether oxygens (including phenoxy) is 2. The first-order chi connectivity index (χ1) is 10.4. The predicted molar refractivity (Wildman–Crippen MR) is 90.3 cm³/mol. The Balaban J connectivity index is 0.00000484. The number of nitrogens with zero attached hydrogens (tertiary/aromatic N) is 1. The molecule has 0 spiro atoms. The van der Waals surface area contributed by atoms with Crippen LogP contribution in [0.1, 0.15) is 25.8 Å². The number of rotatable bonds is 9. The highest BCUT2D eigenvalue weighted by molar-refractivity contribution is 5.93. The van der Waals surface area contributed by atoms with Gasteiger partial charge in [-0.25, -0.2) is 0 Å². The van der Waals surface area contributed by atoms with E-state index >= 15 is 0 Å². The number of ketones is 1. The van der Waals surface area contributed by atoms with Crippen molar-refractivity contribution in [3.63, 3.8) is 0 Å². The molecular formula is C18H28INO3. The minimum absolute atomic E-state index is 0. The maximum absolute atomic E-state index is 11.9. The third kappa shape index (κ3) is 8.95. The summed E-state index contributed by atoms with van der Waals surface area (Å²) in [6.07, 6.45) is 4.02. The van der Waals surface area contributed by atoms with Gasteiger partial charge in [-0.05, 0) is 37.6 Å². The third-order valence-electron chi connectivity index (χ3n) is 3.06. The largest absolute Gasteiger partial charge is 1.00 e. The smallest absolute Gasteiger partial charge is 0.161 e. The Kier molecular flexibility index (Phi) is 10.1. The van der Waals surface area contributed by atoms with Crippen molar-refractivity contribution in [2.45, 2.75) is 20.3 Å². The summed E-state index contributed by atoms with van der Waals surface area (Å²) in [6.45, 7) is 5.88. The van der Waals surface area contributed by atoms with E-state index in [9.17, 15) is 4.79 Å². The molecule has 0 unspecified atom stereocenters. The summed E-state index contributed by atoms with van der Waals surface area (Å²) in [5.74, 6) is 1.59. The van der Waals surface area contributed by atoms with E-state index in [0.717, 1.165) is 22.3 Å². The van der Waals surface area contributed by atoms with Crippen LogP contribution in [0, 0.1) is 0 Å². The second-order valence-electron chi connectivity index (χ2n) is 6.14. The van der Waals surface area contributed by atoms with Crippen molar-refractivity contribution in [2.24, 2.45) is 0 Å². The Labute approximate surface area is 157 Å². The first-order valence-electron chi connectivity index (χ1n) is 7.76. The summed E-state index contributed by atoms with van der Waals surface area (Å²) in [7, 11) is 6.24. The van der Waals surface area contributed by atoms with Crippen LogP contribution in [-0.2, 0) is 4.79 Å². The quantitative estimate of drug-likeness (QED) is 0.317. The van der Waals surface area contributed by atoms with Crippen LogP contribution in [0.2, 0.25) is 0 Å². The molecule has 0 aromatic heterocycles. The molecule has 0 saturated heterocycles. The van der Waals surface area contributed by atoms with E-state index in [1.54, 1.807) is 6.08 Å². The summed E-state index contributed by atoms with van der Waals surface area (Å²) in [5, 5.41) is 0. The Morgan fingerprint density at radius 1 is 1.09 bits per heavy atom.